The first-order valence-electron chi connectivity index (χ1n) is 7.53. The van der Waals surface area contributed by atoms with Crippen molar-refractivity contribution in [1.82, 2.24) is 4.90 Å². The Morgan fingerprint density at radius 2 is 1.64 bits per heavy atom. The number of amidine groups is 1. The van der Waals surface area contributed by atoms with Crippen molar-refractivity contribution in [3.8, 4) is 0 Å². The number of para-hydroxylation sites is 2. The van der Waals surface area contributed by atoms with Gasteiger partial charge in [-0.25, -0.2) is 0 Å². The van der Waals surface area contributed by atoms with Crippen LogP contribution in [0.5, 0.6) is 0 Å². The standard InChI is InChI=1S/C16H15N5O4/c22-20(23)15-9-5-4-8-14(15)19-12-18(11-16(17-19)21(24)25)10-13-6-2-1-3-7-13/h1-9H,10-12H2. The predicted octanol–water partition coefficient (Wildman–Crippen LogP) is 2.46. The Bertz CT molecular complexity index is 824. The molecule has 0 fully saturated rings. The molecule has 0 unspecified atom stereocenters. The van der Waals surface area contributed by atoms with Crippen LogP contribution in [0.2, 0.25) is 0 Å². The lowest BCUT2D eigenvalue weighted by Gasteiger charge is -2.28. The van der Waals surface area contributed by atoms with Crippen LogP contribution in [0.3, 0.4) is 0 Å². The maximum absolute atomic E-state index is 11.2. The lowest BCUT2D eigenvalue weighted by atomic mass is 10.2. The van der Waals surface area contributed by atoms with Crippen molar-refractivity contribution in [3.63, 3.8) is 0 Å². The highest BCUT2D eigenvalue weighted by atomic mass is 16.6. The Morgan fingerprint density at radius 1 is 0.960 bits per heavy atom. The molecule has 1 aliphatic heterocycles. The summed E-state index contributed by atoms with van der Waals surface area (Å²) >= 11 is 0. The average molecular weight is 341 g/mol. The van der Waals surface area contributed by atoms with Crippen LogP contribution in [0.1, 0.15) is 5.56 Å². The van der Waals surface area contributed by atoms with E-state index in [-0.39, 0.29) is 30.4 Å². The van der Waals surface area contributed by atoms with Gasteiger partial charge < -0.3 is 10.1 Å². The number of hydrazone groups is 1. The van der Waals surface area contributed by atoms with Gasteiger partial charge in [-0.05, 0) is 16.6 Å². The van der Waals surface area contributed by atoms with Crippen molar-refractivity contribution < 1.29 is 9.85 Å². The van der Waals surface area contributed by atoms with Crippen molar-refractivity contribution in [2.75, 3.05) is 18.2 Å². The Labute approximate surface area is 143 Å². The summed E-state index contributed by atoms with van der Waals surface area (Å²) in [6, 6.07) is 15.6. The summed E-state index contributed by atoms with van der Waals surface area (Å²) in [6.45, 7) is 0.765. The first kappa shape index (κ1) is 16.5. The zero-order chi connectivity index (χ0) is 17.8. The van der Waals surface area contributed by atoms with Gasteiger partial charge in [0.25, 0.3) is 5.69 Å². The van der Waals surface area contributed by atoms with E-state index in [2.05, 4.69) is 5.10 Å². The molecular formula is C16H15N5O4. The van der Waals surface area contributed by atoms with Crippen LogP contribution < -0.4 is 5.01 Å². The zero-order valence-corrected chi connectivity index (χ0v) is 13.2. The van der Waals surface area contributed by atoms with Crippen LogP contribution in [0.4, 0.5) is 11.4 Å². The van der Waals surface area contributed by atoms with Gasteiger partial charge in [-0.3, -0.25) is 15.0 Å². The molecule has 9 heteroatoms. The molecule has 0 bridgehead atoms. The Kier molecular flexibility index (Phi) is 4.66. The molecule has 2 aromatic rings. The van der Waals surface area contributed by atoms with E-state index in [1.807, 2.05) is 35.2 Å². The second-order valence-electron chi connectivity index (χ2n) is 5.53. The molecule has 0 saturated heterocycles. The molecule has 2 aromatic carbocycles. The van der Waals surface area contributed by atoms with E-state index < -0.39 is 9.85 Å². The summed E-state index contributed by atoms with van der Waals surface area (Å²) in [5, 5.41) is 27.8. The predicted molar refractivity (Wildman–Crippen MR) is 91.7 cm³/mol. The largest absolute Gasteiger partial charge is 0.378 e. The second-order valence-corrected chi connectivity index (χ2v) is 5.53. The summed E-state index contributed by atoms with van der Waals surface area (Å²) in [5.41, 5.74) is 1.08. The van der Waals surface area contributed by atoms with Crippen molar-refractivity contribution in [2.45, 2.75) is 6.54 Å². The van der Waals surface area contributed by atoms with Crippen molar-refractivity contribution in [2.24, 2.45) is 5.10 Å². The van der Waals surface area contributed by atoms with Crippen molar-refractivity contribution >= 4 is 17.2 Å². The molecule has 0 saturated carbocycles. The number of hydrogen-bond acceptors (Lipinski definition) is 7. The van der Waals surface area contributed by atoms with Gasteiger partial charge >= 0.3 is 5.84 Å². The quantitative estimate of drug-likeness (QED) is 0.625. The average Bonchev–Trinajstić information content (AvgIpc) is 2.62. The van der Waals surface area contributed by atoms with E-state index in [4.69, 9.17) is 0 Å². The molecule has 9 nitrogen and oxygen atoms in total. The smallest absolute Gasteiger partial charge is 0.358 e. The molecule has 128 valence electrons. The third-order valence-corrected chi connectivity index (χ3v) is 3.75. The molecule has 0 aliphatic carbocycles. The number of rotatable bonds is 4. The fourth-order valence-corrected chi connectivity index (χ4v) is 2.65. The molecule has 0 radical (unpaired) electrons. The van der Waals surface area contributed by atoms with Gasteiger partial charge in [-0.15, -0.1) is 0 Å². The first-order chi connectivity index (χ1) is 12.0. The molecule has 0 spiro atoms. The second kappa shape index (κ2) is 7.05. The normalized spacial score (nSPS) is 14.9. The van der Waals surface area contributed by atoms with Gasteiger partial charge in [0, 0.05) is 12.6 Å². The highest BCUT2D eigenvalue weighted by Crippen LogP contribution is 2.29. The fourth-order valence-electron chi connectivity index (χ4n) is 2.65. The van der Waals surface area contributed by atoms with Crippen LogP contribution in [0, 0.1) is 20.2 Å². The van der Waals surface area contributed by atoms with Crippen LogP contribution in [0.15, 0.2) is 59.7 Å². The number of nitro groups is 2. The number of nitrogens with zero attached hydrogens (tertiary/aromatic N) is 5. The van der Waals surface area contributed by atoms with Crippen LogP contribution in [-0.4, -0.2) is 33.8 Å². The van der Waals surface area contributed by atoms with E-state index in [1.54, 1.807) is 12.1 Å². The minimum atomic E-state index is -0.557. The number of nitro benzene ring substituents is 1. The molecule has 0 aromatic heterocycles. The maximum atomic E-state index is 11.2. The van der Waals surface area contributed by atoms with E-state index in [1.165, 1.54) is 17.1 Å². The molecule has 25 heavy (non-hydrogen) atoms. The highest BCUT2D eigenvalue weighted by molar-refractivity contribution is 5.79. The van der Waals surface area contributed by atoms with E-state index in [0.717, 1.165) is 5.56 Å². The van der Waals surface area contributed by atoms with Gasteiger partial charge in [-0.2, -0.15) is 5.01 Å². The van der Waals surface area contributed by atoms with E-state index in [9.17, 15) is 20.2 Å². The SMILES string of the molecule is O=[N+]([O-])C1=NN(c2ccccc2[N+](=O)[O-])CN(Cc2ccccc2)C1. The lowest BCUT2D eigenvalue weighted by Crippen LogP contribution is -2.45. The summed E-state index contributed by atoms with van der Waals surface area (Å²) in [5.74, 6) is -0.250. The topological polar surface area (TPSA) is 105 Å². The van der Waals surface area contributed by atoms with Crippen molar-refractivity contribution in [3.05, 3.63) is 80.4 Å². The summed E-state index contributed by atoms with van der Waals surface area (Å²) in [4.78, 5) is 23.2. The summed E-state index contributed by atoms with van der Waals surface area (Å²) < 4.78 is 0. The Balaban J connectivity index is 1.92. The molecule has 1 heterocycles. The third-order valence-electron chi connectivity index (χ3n) is 3.75. The lowest BCUT2D eigenvalue weighted by molar-refractivity contribution is -0.384. The molecule has 0 amide bonds. The third kappa shape index (κ3) is 3.78. The van der Waals surface area contributed by atoms with Crippen molar-refractivity contribution in [1.29, 1.82) is 0 Å². The van der Waals surface area contributed by atoms with Crippen LogP contribution in [0.25, 0.3) is 0 Å². The van der Waals surface area contributed by atoms with Gasteiger partial charge in [0.2, 0.25) is 0 Å². The Hall–Kier alpha value is -3.33. The monoisotopic (exact) mass is 341 g/mol. The summed E-state index contributed by atoms with van der Waals surface area (Å²) in [7, 11) is 0. The molecule has 1 aliphatic rings. The van der Waals surface area contributed by atoms with E-state index >= 15 is 0 Å². The molecule has 0 N–H and O–H groups in total. The maximum Gasteiger partial charge on any atom is 0.378 e. The van der Waals surface area contributed by atoms with Crippen LogP contribution in [-0.2, 0) is 6.54 Å². The molecular weight excluding hydrogens is 326 g/mol. The minimum Gasteiger partial charge on any atom is -0.358 e. The van der Waals surface area contributed by atoms with Gasteiger partial charge in [0.15, 0.2) is 5.69 Å². The van der Waals surface area contributed by atoms with Crippen LogP contribution >= 0.6 is 0 Å². The fraction of sp³-hybridized carbons (Fsp3) is 0.188. The Morgan fingerprint density at radius 3 is 2.32 bits per heavy atom. The highest BCUT2D eigenvalue weighted by Gasteiger charge is 2.32. The van der Waals surface area contributed by atoms with E-state index in [0.29, 0.717) is 6.54 Å². The zero-order valence-electron chi connectivity index (χ0n) is 13.2. The number of anilines is 1. The summed E-state index contributed by atoms with van der Waals surface area (Å²) in [6.07, 6.45) is 0. The minimum absolute atomic E-state index is 0.0685. The van der Waals surface area contributed by atoms with Gasteiger partial charge in [-0.1, -0.05) is 42.5 Å². The molecule has 3 rings (SSSR count). The number of benzene rings is 2. The van der Waals surface area contributed by atoms with Gasteiger partial charge in [0.05, 0.1) is 10.0 Å². The first-order valence-corrected chi connectivity index (χ1v) is 7.53. The molecule has 0 atom stereocenters. The van der Waals surface area contributed by atoms with Gasteiger partial charge in [0.1, 0.15) is 13.2 Å². The number of hydrogen-bond donors (Lipinski definition) is 0.